The molecule has 0 aliphatic carbocycles. The van der Waals surface area contributed by atoms with Crippen LogP contribution in [0.15, 0.2) is 24.3 Å². The van der Waals surface area contributed by atoms with Gasteiger partial charge in [0.25, 0.3) is 0 Å². The van der Waals surface area contributed by atoms with E-state index in [0.717, 1.165) is 16.5 Å². The van der Waals surface area contributed by atoms with Crippen molar-refractivity contribution in [2.75, 3.05) is 0 Å². The second-order valence-corrected chi connectivity index (χ2v) is 3.67. The monoisotopic (exact) mass is 218 g/mol. The lowest BCUT2D eigenvalue weighted by molar-refractivity contribution is -0.111. The van der Waals surface area contributed by atoms with E-state index in [9.17, 15) is 4.79 Å². The molecule has 1 aromatic heterocycles. The molecule has 0 aliphatic heterocycles. The summed E-state index contributed by atoms with van der Waals surface area (Å²) in [5.74, 6) is 0. The van der Waals surface area contributed by atoms with Crippen LogP contribution in [-0.4, -0.2) is 10.2 Å². The van der Waals surface area contributed by atoms with E-state index in [0.29, 0.717) is 5.69 Å². The van der Waals surface area contributed by atoms with Crippen molar-refractivity contribution in [1.29, 1.82) is 5.26 Å². The average molecular weight is 219 g/mol. The van der Waals surface area contributed by atoms with Crippen LogP contribution in [-0.2, 0) is 11.2 Å². The molecule has 15 heavy (non-hydrogen) atoms. The third-order valence-electron chi connectivity index (χ3n) is 2.15. The molecule has 1 heterocycles. The molecular weight excluding hydrogens is 212 g/mol. The molecule has 0 unspecified atom stereocenters. The number of hydrogen-bond acceptors (Lipinski definition) is 2. The highest BCUT2D eigenvalue weighted by molar-refractivity contribution is 6.63. The summed E-state index contributed by atoms with van der Waals surface area (Å²) in [7, 11) is 0. The lowest BCUT2D eigenvalue weighted by Crippen LogP contribution is -1.92. The molecule has 0 bridgehead atoms. The standard InChI is InChI=1S/C11H7ClN2O/c12-11(15)4-7-1-2-8-5-9(6-13)14-10(8)3-7/h1-3,5,14H,4H2. The molecule has 2 aromatic rings. The maximum atomic E-state index is 10.7. The van der Waals surface area contributed by atoms with Gasteiger partial charge in [0.2, 0.25) is 5.24 Å². The number of carbonyl (C=O) groups excluding carboxylic acids is 1. The SMILES string of the molecule is N#Cc1cc2ccc(CC(=O)Cl)cc2[nH]1. The van der Waals surface area contributed by atoms with Gasteiger partial charge < -0.3 is 4.98 Å². The van der Waals surface area contributed by atoms with Crippen LogP contribution in [0.4, 0.5) is 0 Å². The summed E-state index contributed by atoms with van der Waals surface area (Å²) < 4.78 is 0. The number of benzene rings is 1. The molecular formula is C11H7ClN2O. The van der Waals surface area contributed by atoms with E-state index in [1.54, 1.807) is 6.07 Å². The highest BCUT2D eigenvalue weighted by Crippen LogP contribution is 2.17. The Balaban J connectivity index is 2.47. The Hall–Kier alpha value is -1.79. The van der Waals surface area contributed by atoms with Crippen molar-refractivity contribution in [1.82, 2.24) is 4.98 Å². The summed E-state index contributed by atoms with van der Waals surface area (Å²) in [5, 5.41) is 9.27. The smallest absolute Gasteiger partial charge is 0.226 e. The third-order valence-corrected chi connectivity index (χ3v) is 2.28. The van der Waals surface area contributed by atoms with Crippen LogP contribution < -0.4 is 0 Å². The largest absolute Gasteiger partial charge is 0.346 e. The molecule has 0 saturated carbocycles. The molecule has 1 N–H and O–H groups in total. The van der Waals surface area contributed by atoms with Crippen molar-refractivity contribution in [3.8, 4) is 6.07 Å². The second-order valence-electron chi connectivity index (χ2n) is 3.25. The van der Waals surface area contributed by atoms with E-state index < -0.39 is 0 Å². The topological polar surface area (TPSA) is 56.6 Å². The van der Waals surface area contributed by atoms with E-state index in [4.69, 9.17) is 16.9 Å². The molecule has 0 aliphatic rings. The lowest BCUT2D eigenvalue weighted by atomic mass is 10.1. The average Bonchev–Trinajstić information content (AvgIpc) is 2.58. The number of aromatic nitrogens is 1. The fraction of sp³-hybridized carbons (Fsp3) is 0.0909. The molecule has 0 atom stereocenters. The second kappa shape index (κ2) is 3.76. The molecule has 0 radical (unpaired) electrons. The van der Waals surface area contributed by atoms with Gasteiger partial charge in [-0.15, -0.1) is 0 Å². The molecule has 74 valence electrons. The van der Waals surface area contributed by atoms with Gasteiger partial charge in [-0.3, -0.25) is 4.79 Å². The van der Waals surface area contributed by atoms with Crippen LogP contribution >= 0.6 is 11.6 Å². The number of nitriles is 1. The van der Waals surface area contributed by atoms with E-state index in [1.165, 1.54) is 0 Å². The summed E-state index contributed by atoms with van der Waals surface area (Å²) in [5.41, 5.74) is 2.20. The van der Waals surface area contributed by atoms with Gasteiger partial charge in [0.15, 0.2) is 0 Å². The maximum Gasteiger partial charge on any atom is 0.226 e. The number of aromatic amines is 1. The Morgan fingerprint density at radius 3 is 2.93 bits per heavy atom. The number of fused-ring (bicyclic) bond motifs is 1. The fourth-order valence-corrected chi connectivity index (χ4v) is 1.66. The van der Waals surface area contributed by atoms with Crippen LogP contribution in [0.25, 0.3) is 10.9 Å². The van der Waals surface area contributed by atoms with Crippen LogP contribution in [0, 0.1) is 11.3 Å². The zero-order chi connectivity index (χ0) is 10.8. The molecule has 0 amide bonds. The zero-order valence-electron chi connectivity index (χ0n) is 7.75. The highest BCUT2D eigenvalue weighted by atomic mass is 35.5. The Bertz CT molecular complexity index is 565. The number of rotatable bonds is 2. The van der Waals surface area contributed by atoms with Crippen LogP contribution in [0.5, 0.6) is 0 Å². The van der Waals surface area contributed by atoms with Gasteiger partial charge in [-0.2, -0.15) is 5.26 Å². The first-order chi connectivity index (χ1) is 7.19. The normalized spacial score (nSPS) is 10.1. The van der Waals surface area contributed by atoms with Crippen LogP contribution in [0.1, 0.15) is 11.3 Å². The first kappa shape index (κ1) is 9.75. The van der Waals surface area contributed by atoms with E-state index in [2.05, 4.69) is 4.98 Å². The summed E-state index contributed by atoms with van der Waals surface area (Å²) in [6.45, 7) is 0. The third kappa shape index (κ3) is 2.00. The minimum atomic E-state index is -0.388. The van der Waals surface area contributed by atoms with Crippen molar-refractivity contribution in [2.45, 2.75) is 6.42 Å². The minimum absolute atomic E-state index is 0.207. The maximum absolute atomic E-state index is 10.7. The minimum Gasteiger partial charge on any atom is -0.346 e. The van der Waals surface area contributed by atoms with E-state index in [-0.39, 0.29) is 11.7 Å². The number of hydrogen-bond donors (Lipinski definition) is 1. The van der Waals surface area contributed by atoms with Crippen molar-refractivity contribution in [3.63, 3.8) is 0 Å². The van der Waals surface area contributed by atoms with Gasteiger partial charge in [-0.1, -0.05) is 12.1 Å². The molecule has 1 aromatic carbocycles. The van der Waals surface area contributed by atoms with Crippen molar-refractivity contribution >= 4 is 27.7 Å². The Morgan fingerprint density at radius 1 is 1.47 bits per heavy atom. The Morgan fingerprint density at radius 2 is 2.27 bits per heavy atom. The fourth-order valence-electron chi connectivity index (χ4n) is 1.50. The van der Waals surface area contributed by atoms with Gasteiger partial charge in [0, 0.05) is 17.3 Å². The van der Waals surface area contributed by atoms with Crippen molar-refractivity contribution < 1.29 is 4.79 Å². The Kier molecular flexibility index (Phi) is 2.44. The van der Waals surface area contributed by atoms with Gasteiger partial charge >= 0.3 is 0 Å². The molecule has 0 fully saturated rings. The van der Waals surface area contributed by atoms with Crippen molar-refractivity contribution in [2.24, 2.45) is 0 Å². The lowest BCUT2D eigenvalue weighted by Gasteiger charge is -1.96. The van der Waals surface area contributed by atoms with E-state index >= 15 is 0 Å². The molecule has 4 heteroatoms. The first-order valence-corrected chi connectivity index (χ1v) is 4.77. The summed E-state index contributed by atoms with van der Waals surface area (Å²) in [6.07, 6.45) is 0.207. The first-order valence-electron chi connectivity index (χ1n) is 4.39. The quantitative estimate of drug-likeness (QED) is 0.787. The number of H-pyrrole nitrogens is 1. The van der Waals surface area contributed by atoms with Gasteiger partial charge in [0.1, 0.15) is 11.8 Å². The molecule has 2 rings (SSSR count). The predicted molar refractivity (Wildman–Crippen MR) is 57.6 cm³/mol. The number of halogens is 1. The predicted octanol–water partition coefficient (Wildman–Crippen LogP) is 2.35. The number of carbonyl (C=O) groups is 1. The number of nitrogens with one attached hydrogen (secondary N) is 1. The van der Waals surface area contributed by atoms with E-state index in [1.807, 2.05) is 24.3 Å². The van der Waals surface area contributed by atoms with Crippen LogP contribution in [0.2, 0.25) is 0 Å². The van der Waals surface area contributed by atoms with Crippen molar-refractivity contribution in [3.05, 3.63) is 35.5 Å². The van der Waals surface area contributed by atoms with Gasteiger partial charge in [-0.05, 0) is 29.3 Å². The molecule has 0 saturated heterocycles. The summed E-state index contributed by atoms with van der Waals surface area (Å²) in [4.78, 5) is 13.7. The zero-order valence-corrected chi connectivity index (χ0v) is 8.51. The summed E-state index contributed by atoms with van der Waals surface area (Å²) in [6, 6.07) is 9.32. The molecule has 3 nitrogen and oxygen atoms in total. The Labute approximate surface area is 91.3 Å². The highest BCUT2D eigenvalue weighted by Gasteiger charge is 2.03. The van der Waals surface area contributed by atoms with Gasteiger partial charge in [-0.25, -0.2) is 0 Å². The molecule has 0 spiro atoms. The van der Waals surface area contributed by atoms with Gasteiger partial charge in [0.05, 0.1) is 0 Å². The summed E-state index contributed by atoms with van der Waals surface area (Å²) >= 11 is 5.29. The number of nitrogens with zero attached hydrogens (tertiary/aromatic N) is 1. The van der Waals surface area contributed by atoms with Crippen LogP contribution in [0.3, 0.4) is 0 Å².